The number of aliphatic hydroxyl groups is 1. The zero-order valence-corrected chi connectivity index (χ0v) is 19.0. The van der Waals surface area contributed by atoms with Crippen LogP contribution >= 0.6 is 0 Å². The van der Waals surface area contributed by atoms with E-state index < -0.39 is 0 Å². The Hall–Kier alpha value is -2.64. The highest BCUT2D eigenvalue weighted by Gasteiger charge is 2.41. The summed E-state index contributed by atoms with van der Waals surface area (Å²) in [4.78, 5) is 21.1. The van der Waals surface area contributed by atoms with Gasteiger partial charge >= 0.3 is 0 Å². The van der Waals surface area contributed by atoms with E-state index in [1.54, 1.807) is 13.1 Å². The van der Waals surface area contributed by atoms with Crippen molar-refractivity contribution in [2.75, 3.05) is 32.8 Å². The second-order valence-corrected chi connectivity index (χ2v) is 9.25. The molecule has 7 nitrogen and oxygen atoms in total. The highest BCUT2D eigenvalue weighted by molar-refractivity contribution is 5.78. The fourth-order valence-electron chi connectivity index (χ4n) is 4.97. The number of rotatable bonds is 6. The minimum Gasteiger partial charge on any atom is -0.506 e. The summed E-state index contributed by atoms with van der Waals surface area (Å²) in [5, 5.41) is 20.1. The number of hydrogen-bond acceptors (Lipinski definition) is 6. The molecule has 3 heterocycles. The molecule has 172 valence electrons. The van der Waals surface area contributed by atoms with E-state index in [1.807, 2.05) is 36.1 Å². The first-order valence-corrected chi connectivity index (χ1v) is 11.4. The van der Waals surface area contributed by atoms with Crippen molar-refractivity contribution < 1.29 is 19.7 Å². The van der Waals surface area contributed by atoms with Gasteiger partial charge in [-0.05, 0) is 56.7 Å². The number of aliphatic hydroxyl groups excluding tert-OH is 1. The number of aromatic hydroxyl groups is 1. The van der Waals surface area contributed by atoms with Crippen LogP contribution in [0.15, 0.2) is 30.5 Å². The molecule has 0 unspecified atom stereocenters. The van der Waals surface area contributed by atoms with Crippen LogP contribution in [0.3, 0.4) is 0 Å². The van der Waals surface area contributed by atoms with Crippen LogP contribution in [0.4, 0.5) is 0 Å². The summed E-state index contributed by atoms with van der Waals surface area (Å²) in [5.74, 6) is 0.993. The maximum atomic E-state index is 12.7. The first-order chi connectivity index (χ1) is 15.4. The molecular weight excluding hydrogens is 406 g/mol. The standard InChI is InChI=1S/C25H33N3O4/c1-18-5-3-4-6-22(18)32-16-23(30)28-11-8-25(9-12-28)7-10-27(17-25)14-21-20(15-29)13-26-19(2)24(21)31/h3-6,13,29,31H,7-12,14-17H2,1-2H3. The second-order valence-electron chi connectivity index (χ2n) is 9.25. The summed E-state index contributed by atoms with van der Waals surface area (Å²) in [6.45, 7) is 7.73. The SMILES string of the molecule is Cc1ccccc1OCC(=O)N1CCC2(CCN(Cc3c(CO)cnc(C)c3O)C2)CC1. The normalized spacial score (nSPS) is 18.3. The quantitative estimate of drug-likeness (QED) is 0.720. The molecule has 32 heavy (non-hydrogen) atoms. The molecule has 1 spiro atoms. The number of aromatic nitrogens is 1. The first kappa shape index (κ1) is 22.6. The highest BCUT2D eigenvalue weighted by atomic mass is 16.5. The van der Waals surface area contributed by atoms with Crippen molar-refractivity contribution in [1.29, 1.82) is 0 Å². The van der Waals surface area contributed by atoms with Crippen molar-refractivity contribution in [3.05, 3.63) is 52.8 Å². The van der Waals surface area contributed by atoms with E-state index in [9.17, 15) is 15.0 Å². The Morgan fingerprint density at radius 1 is 1.16 bits per heavy atom. The van der Waals surface area contributed by atoms with Gasteiger partial charge in [0, 0.05) is 43.5 Å². The van der Waals surface area contributed by atoms with E-state index in [0.717, 1.165) is 62.3 Å². The lowest BCUT2D eigenvalue weighted by atomic mass is 9.78. The van der Waals surface area contributed by atoms with Crippen LogP contribution in [0.25, 0.3) is 0 Å². The van der Waals surface area contributed by atoms with Crippen LogP contribution < -0.4 is 4.74 Å². The summed E-state index contributed by atoms with van der Waals surface area (Å²) >= 11 is 0. The monoisotopic (exact) mass is 439 g/mol. The summed E-state index contributed by atoms with van der Waals surface area (Å²) in [7, 11) is 0. The summed E-state index contributed by atoms with van der Waals surface area (Å²) in [6.07, 6.45) is 4.70. The fraction of sp³-hybridized carbons (Fsp3) is 0.520. The average Bonchev–Trinajstić information content (AvgIpc) is 3.19. The number of aryl methyl sites for hydroxylation is 2. The predicted molar refractivity (Wildman–Crippen MR) is 121 cm³/mol. The number of likely N-dealkylation sites (tertiary alicyclic amines) is 2. The molecule has 2 aliphatic rings. The van der Waals surface area contributed by atoms with Crippen molar-refractivity contribution in [3.8, 4) is 11.5 Å². The first-order valence-electron chi connectivity index (χ1n) is 11.4. The number of benzene rings is 1. The van der Waals surface area contributed by atoms with Crippen LogP contribution in [-0.4, -0.2) is 63.7 Å². The zero-order valence-electron chi connectivity index (χ0n) is 19.0. The van der Waals surface area contributed by atoms with E-state index in [2.05, 4.69) is 9.88 Å². The Morgan fingerprint density at radius 2 is 1.88 bits per heavy atom. The maximum Gasteiger partial charge on any atom is 0.260 e. The van der Waals surface area contributed by atoms with Gasteiger partial charge in [-0.25, -0.2) is 0 Å². The van der Waals surface area contributed by atoms with Crippen molar-refractivity contribution in [3.63, 3.8) is 0 Å². The number of piperidine rings is 1. The molecule has 0 radical (unpaired) electrons. The molecule has 1 amide bonds. The van der Waals surface area contributed by atoms with Gasteiger partial charge in [-0.2, -0.15) is 0 Å². The third kappa shape index (κ3) is 4.74. The second kappa shape index (κ2) is 9.46. The van der Waals surface area contributed by atoms with Crippen molar-refractivity contribution in [1.82, 2.24) is 14.8 Å². The van der Waals surface area contributed by atoms with E-state index >= 15 is 0 Å². The van der Waals surface area contributed by atoms with E-state index in [4.69, 9.17) is 4.74 Å². The minimum atomic E-state index is -0.128. The molecule has 2 saturated heterocycles. The fourth-order valence-corrected chi connectivity index (χ4v) is 4.97. The summed E-state index contributed by atoms with van der Waals surface area (Å²) in [6, 6.07) is 7.75. The van der Waals surface area contributed by atoms with Crippen molar-refractivity contribution >= 4 is 5.91 Å². The Labute approximate surface area is 189 Å². The smallest absolute Gasteiger partial charge is 0.260 e. The Morgan fingerprint density at radius 3 is 2.59 bits per heavy atom. The summed E-state index contributed by atoms with van der Waals surface area (Å²) < 4.78 is 5.75. The number of carbonyl (C=O) groups is 1. The molecule has 0 atom stereocenters. The number of hydrogen-bond donors (Lipinski definition) is 2. The molecule has 4 rings (SSSR count). The maximum absolute atomic E-state index is 12.7. The van der Waals surface area contributed by atoms with Crippen molar-refractivity contribution in [2.45, 2.75) is 46.3 Å². The number of amides is 1. The predicted octanol–water partition coefficient (Wildman–Crippen LogP) is 2.79. The lowest BCUT2D eigenvalue weighted by Crippen LogP contribution is -2.45. The molecular formula is C25H33N3O4. The van der Waals surface area contributed by atoms with Crippen LogP contribution in [-0.2, 0) is 17.9 Å². The number of nitrogens with zero attached hydrogens (tertiary/aromatic N) is 3. The van der Waals surface area contributed by atoms with Gasteiger partial charge < -0.3 is 19.8 Å². The van der Waals surface area contributed by atoms with E-state index in [-0.39, 0.29) is 30.3 Å². The van der Waals surface area contributed by atoms with Gasteiger partial charge in [-0.1, -0.05) is 18.2 Å². The lowest BCUT2D eigenvalue weighted by molar-refractivity contribution is -0.135. The average molecular weight is 440 g/mol. The Kier molecular flexibility index (Phi) is 6.67. The van der Waals surface area contributed by atoms with Gasteiger partial charge in [0.2, 0.25) is 0 Å². The highest BCUT2D eigenvalue weighted by Crippen LogP contribution is 2.41. The molecule has 0 saturated carbocycles. The molecule has 7 heteroatoms. The van der Waals surface area contributed by atoms with Gasteiger partial charge in [0.05, 0.1) is 12.3 Å². The Balaban J connectivity index is 1.30. The minimum absolute atomic E-state index is 0.0442. The van der Waals surface area contributed by atoms with E-state index in [0.29, 0.717) is 17.8 Å². The van der Waals surface area contributed by atoms with Gasteiger partial charge in [-0.3, -0.25) is 14.7 Å². The van der Waals surface area contributed by atoms with Crippen LogP contribution in [0, 0.1) is 19.3 Å². The van der Waals surface area contributed by atoms with Crippen LogP contribution in [0.1, 0.15) is 41.6 Å². The lowest BCUT2D eigenvalue weighted by Gasteiger charge is -2.39. The number of ether oxygens (including phenoxy) is 1. The molecule has 2 N–H and O–H groups in total. The number of pyridine rings is 1. The van der Waals surface area contributed by atoms with Crippen LogP contribution in [0.5, 0.6) is 11.5 Å². The van der Waals surface area contributed by atoms with Gasteiger partial charge in [0.1, 0.15) is 11.5 Å². The molecule has 0 aliphatic carbocycles. The molecule has 0 bridgehead atoms. The van der Waals surface area contributed by atoms with Crippen LogP contribution in [0.2, 0.25) is 0 Å². The molecule has 2 fully saturated rings. The van der Waals surface area contributed by atoms with E-state index in [1.165, 1.54) is 0 Å². The topological polar surface area (TPSA) is 86.1 Å². The number of carbonyl (C=O) groups excluding carboxylic acids is 1. The molecule has 1 aromatic carbocycles. The molecule has 2 aliphatic heterocycles. The molecule has 2 aromatic rings. The van der Waals surface area contributed by atoms with Gasteiger partial charge in [0.25, 0.3) is 5.91 Å². The third-order valence-corrected chi connectivity index (χ3v) is 7.12. The van der Waals surface area contributed by atoms with Gasteiger partial charge in [-0.15, -0.1) is 0 Å². The Bertz CT molecular complexity index is 970. The molecule has 1 aromatic heterocycles. The van der Waals surface area contributed by atoms with Gasteiger partial charge in [0.15, 0.2) is 6.61 Å². The van der Waals surface area contributed by atoms with Crippen molar-refractivity contribution in [2.24, 2.45) is 5.41 Å². The largest absolute Gasteiger partial charge is 0.506 e. The third-order valence-electron chi connectivity index (χ3n) is 7.12. The zero-order chi connectivity index (χ0) is 22.7. The summed E-state index contributed by atoms with van der Waals surface area (Å²) in [5.41, 5.74) is 3.29. The number of para-hydroxylation sites is 1.